The van der Waals surface area contributed by atoms with Gasteiger partial charge in [-0.1, -0.05) is 12.1 Å². The molecule has 0 heterocycles. The Balaban J connectivity index is 1.84. The first-order chi connectivity index (χ1) is 12.4. The molecule has 0 aromatic heterocycles. The molecular weight excluding hydrogens is 350 g/mol. The summed E-state index contributed by atoms with van der Waals surface area (Å²) in [7, 11) is -2.08. The van der Waals surface area contributed by atoms with Crippen molar-refractivity contribution in [1.29, 1.82) is 0 Å². The normalized spacial score (nSPS) is 11.5. The van der Waals surface area contributed by atoms with Gasteiger partial charge in [0.15, 0.2) is 0 Å². The van der Waals surface area contributed by atoms with Gasteiger partial charge >= 0.3 is 0 Å². The molecule has 5 nitrogen and oxygen atoms in total. The van der Waals surface area contributed by atoms with Gasteiger partial charge in [-0.3, -0.25) is 4.72 Å². The van der Waals surface area contributed by atoms with Crippen LogP contribution in [0.25, 0.3) is 10.8 Å². The van der Waals surface area contributed by atoms with Gasteiger partial charge in [0.25, 0.3) is 10.0 Å². The fourth-order valence-electron chi connectivity index (χ4n) is 2.58. The van der Waals surface area contributed by atoms with Crippen LogP contribution in [0, 0.1) is 0 Å². The molecule has 1 N–H and O–H groups in total. The molecule has 3 aromatic carbocycles. The minimum atomic E-state index is -3.68. The molecule has 6 heteroatoms. The van der Waals surface area contributed by atoms with Gasteiger partial charge in [-0.2, -0.15) is 0 Å². The highest BCUT2D eigenvalue weighted by Gasteiger charge is 2.15. The fraction of sp³-hybridized carbons (Fsp3) is 0.200. The monoisotopic (exact) mass is 371 g/mol. The number of benzene rings is 3. The summed E-state index contributed by atoms with van der Waals surface area (Å²) in [5.41, 5.74) is 0.482. The van der Waals surface area contributed by atoms with E-state index in [1.54, 1.807) is 55.6 Å². The molecule has 0 saturated carbocycles. The second kappa shape index (κ2) is 7.25. The third-order valence-corrected chi connectivity index (χ3v) is 5.19. The number of hydrogen-bond acceptors (Lipinski definition) is 4. The first-order valence-electron chi connectivity index (χ1n) is 8.25. The summed E-state index contributed by atoms with van der Waals surface area (Å²) < 4.78 is 38.7. The first kappa shape index (κ1) is 18.1. The van der Waals surface area contributed by atoms with Gasteiger partial charge < -0.3 is 9.47 Å². The molecule has 0 unspecified atom stereocenters. The third-order valence-electron chi connectivity index (χ3n) is 3.81. The Morgan fingerprint density at radius 2 is 1.46 bits per heavy atom. The Hall–Kier alpha value is -2.73. The third kappa shape index (κ3) is 4.08. The summed E-state index contributed by atoms with van der Waals surface area (Å²) in [4.78, 5) is 0.206. The molecule has 0 aliphatic carbocycles. The largest absolute Gasteiger partial charge is 0.497 e. The quantitative estimate of drug-likeness (QED) is 0.696. The van der Waals surface area contributed by atoms with Crippen LogP contribution >= 0.6 is 0 Å². The zero-order valence-corrected chi connectivity index (χ0v) is 15.7. The predicted molar refractivity (Wildman–Crippen MR) is 104 cm³/mol. The van der Waals surface area contributed by atoms with E-state index in [9.17, 15) is 8.42 Å². The van der Waals surface area contributed by atoms with Crippen LogP contribution in [-0.4, -0.2) is 21.6 Å². The van der Waals surface area contributed by atoms with Crippen LogP contribution in [-0.2, 0) is 10.0 Å². The minimum absolute atomic E-state index is 0.0637. The van der Waals surface area contributed by atoms with Gasteiger partial charge in [0.05, 0.1) is 18.1 Å². The topological polar surface area (TPSA) is 64.6 Å². The lowest BCUT2D eigenvalue weighted by Crippen LogP contribution is -2.13. The smallest absolute Gasteiger partial charge is 0.261 e. The van der Waals surface area contributed by atoms with Crippen molar-refractivity contribution in [2.24, 2.45) is 0 Å². The van der Waals surface area contributed by atoms with E-state index in [-0.39, 0.29) is 11.0 Å². The van der Waals surface area contributed by atoms with Crippen molar-refractivity contribution in [1.82, 2.24) is 0 Å². The highest BCUT2D eigenvalue weighted by atomic mass is 32.2. The summed E-state index contributed by atoms with van der Waals surface area (Å²) in [6.45, 7) is 3.87. The Morgan fingerprint density at radius 3 is 2.12 bits per heavy atom. The van der Waals surface area contributed by atoms with E-state index in [2.05, 4.69) is 4.72 Å². The average Bonchev–Trinajstić information content (AvgIpc) is 2.61. The molecule has 0 aliphatic rings. The molecule has 0 atom stereocenters. The van der Waals surface area contributed by atoms with Crippen LogP contribution in [0.15, 0.2) is 65.6 Å². The Kier molecular flexibility index (Phi) is 5.04. The SMILES string of the molecule is COc1ccc2cc(S(=O)(=O)Nc3ccc(OC(C)C)cc3)ccc2c1. The van der Waals surface area contributed by atoms with E-state index in [1.165, 1.54) is 0 Å². The van der Waals surface area contributed by atoms with E-state index < -0.39 is 10.0 Å². The molecule has 0 spiro atoms. The lowest BCUT2D eigenvalue weighted by Gasteiger charge is -2.12. The van der Waals surface area contributed by atoms with Crippen molar-refractivity contribution in [2.45, 2.75) is 24.8 Å². The summed E-state index contributed by atoms with van der Waals surface area (Å²) in [6.07, 6.45) is 0.0637. The molecule has 136 valence electrons. The molecule has 3 rings (SSSR count). The van der Waals surface area contributed by atoms with Crippen molar-refractivity contribution in [3.63, 3.8) is 0 Å². The summed E-state index contributed by atoms with van der Waals surface area (Å²) in [5, 5.41) is 1.74. The highest BCUT2D eigenvalue weighted by Crippen LogP contribution is 2.25. The second-order valence-electron chi connectivity index (χ2n) is 6.17. The standard InChI is InChI=1S/C20H21NO4S/c1-14(2)25-18-9-6-17(7-10-18)21-26(22,23)20-11-5-15-12-19(24-3)8-4-16(15)13-20/h4-14,21H,1-3H3. The Labute approximate surface area is 153 Å². The number of sulfonamides is 1. The summed E-state index contributed by atoms with van der Waals surface area (Å²) in [6, 6.07) is 17.4. The van der Waals surface area contributed by atoms with Crippen molar-refractivity contribution in [3.8, 4) is 11.5 Å². The van der Waals surface area contributed by atoms with E-state index in [0.29, 0.717) is 11.4 Å². The van der Waals surface area contributed by atoms with Crippen LogP contribution in [0.5, 0.6) is 11.5 Å². The number of methoxy groups -OCH3 is 1. The number of anilines is 1. The zero-order valence-electron chi connectivity index (χ0n) is 14.9. The van der Waals surface area contributed by atoms with Gasteiger partial charge in [0, 0.05) is 5.69 Å². The molecule has 3 aromatic rings. The number of nitrogens with one attached hydrogen (secondary N) is 1. The molecule has 0 bridgehead atoms. The van der Waals surface area contributed by atoms with Crippen LogP contribution < -0.4 is 14.2 Å². The van der Waals surface area contributed by atoms with Gasteiger partial charge in [0.1, 0.15) is 11.5 Å². The van der Waals surface area contributed by atoms with E-state index in [0.717, 1.165) is 16.5 Å². The van der Waals surface area contributed by atoms with Gasteiger partial charge in [-0.25, -0.2) is 8.42 Å². The van der Waals surface area contributed by atoms with Crippen LogP contribution in [0.2, 0.25) is 0 Å². The number of rotatable bonds is 6. The number of fused-ring (bicyclic) bond motifs is 1. The average molecular weight is 371 g/mol. The predicted octanol–water partition coefficient (Wildman–Crippen LogP) is 4.44. The van der Waals surface area contributed by atoms with E-state index in [4.69, 9.17) is 9.47 Å². The number of hydrogen-bond donors (Lipinski definition) is 1. The molecule has 0 amide bonds. The molecular formula is C20H21NO4S. The van der Waals surface area contributed by atoms with Gasteiger partial charge in [-0.05, 0) is 73.2 Å². The fourth-order valence-corrected chi connectivity index (χ4v) is 3.68. The highest BCUT2D eigenvalue weighted by molar-refractivity contribution is 7.92. The lowest BCUT2D eigenvalue weighted by atomic mass is 10.1. The van der Waals surface area contributed by atoms with Crippen molar-refractivity contribution in [2.75, 3.05) is 11.8 Å². The van der Waals surface area contributed by atoms with E-state index in [1.807, 2.05) is 26.0 Å². The molecule has 26 heavy (non-hydrogen) atoms. The maximum atomic E-state index is 12.7. The van der Waals surface area contributed by atoms with Crippen molar-refractivity contribution >= 4 is 26.5 Å². The van der Waals surface area contributed by atoms with Crippen LogP contribution in [0.1, 0.15) is 13.8 Å². The molecule has 0 saturated heterocycles. The first-order valence-corrected chi connectivity index (χ1v) is 9.73. The summed E-state index contributed by atoms with van der Waals surface area (Å²) in [5.74, 6) is 1.43. The zero-order chi connectivity index (χ0) is 18.7. The second-order valence-corrected chi connectivity index (χ2v) is 7.85. The maximum Gasteiger partial charge on any atom is 0.261 e. The number of ether oxygens (including phenoxy) is 2. The molecule has 0 fully saturated rings. The Morgan fingerprint density at radius 1 is 0.846 bits per heavy atom. The maximum absolute atomic E-state index is 12.7. The minimum Gasteiger partial charge on any atom is -0.497 e. The van der Waals surface area contributed by atoms with Crippen LogP contribution in [0.3, 0.4) is 0 Å². The van der Waals surface area contributed by atoms with Gasteiger partial charge in [-0.15, -0.1) is 0 Å². The van der Waals surface area contributed by atoms with E-state index >= 15 is 0 Å². The van der Waals surface area contributed by atoms with Gasteiger partial charge in [0.2, 0.25) is 0 Å². The molecule has 0 aliphatic heterocycles. The lowest BCUT2D eigenvalue weighted by molar-refractivity contribution is 0.242. The van der Waals surface area contributed by atoms with Crippen molar-refractivity contribution < 1.29 is 17.9 Å². The van der Waals surface area contributed by atoms with Crippen LogP contribution in [0.4, 0.5) is 5.69 Å². The summed E-state index contributed by atoms with van der Waals surface area (Å²) >= 11 is 0. The molecule has 0 radical (unpaired) electrons. The Bertz CT molecular complexity index is 1010. The van der Waals surface area contributed by atoms with Crippen molar-refractivity contribution in [3.05, 3.63) is 60.7 Å².